The number of hydrogen-bond donors (Lipinski definition) is 1. The normalized spacial score (nSPS) is 10.9. The third kappa shape index (κ3) is 6.33. The van der Waals surface area contributed by atoms with Crippen LogP contribution in [0.5, 0.6) is 11.5 Å². The highest BCUT2D eigenvalue weighted by molar-refractivity contribution is 14.1. The number of nitrogens with zero attached hydrogens (tertiary/aromatic N) is 1. The summed E-state index contributed by atoms with van der Waals surface area (Å²) in [5.41, 5.74) is 3.08. The molecule has 0 heterocycles. The quantitative estimate of drug-likeness (QED) is 0.206. The number of rotatable bonds is 8. The summed E-state index contributed by atoms with van der Waals surface area (Å²) in [4.78, 5) is 12.7. The van der Waals surface area contributed by atoms with Gasteiger partial charge in [-0.1, -0.05) is 37.3 Å². The SMILES string of the molecule is CCc1ccccc1NC(=O)/C(C#N)=C/c1cc(I)c(OCc2ccc(F)cc2)c(OC)c1. The van der Waals surface area contributed by atoms with Crippen molar-refractivity contribution < 1.29 is 18.7 Å². The Morgan fingerprint density at radius 1 is 1.18 bits per heavy atom. The number of halogens is 2. The fourth-order valence-corrected chi connectivity index (χ4v) is 3.94. The number of methoxy groups -OCH3 is 1. The summed E-state index contributed by atoms with van der Waals surface area (Å²) in [6.45, 7) is 2.24. The van der Waals surface area contributed by atoms with Gasteiger partial charge >= 0.3 is 0 Å². The number of nitriles is 1. The van der Waals surface area contributed by atoms with Crippen molar-refractivity contribution in [3.8, 4) is 17.6 Å². The van der Waals surface area contributed by atoms with E-state index in [-0.39, 0.29) is 18.0 Å². The lowest BCUT2D eigenvalue weighted by Crippen LogP contribution is -2.14. The molecule has 0 aliphatic carbocycles. The van der Waals surface area contributed by atoms with E-state index in [0.717, 1.165) is 21.1 Å². The van der Waals surface area contributed by atoms with Gasteiger partial charge in [0.25, 0.3) is 5.91 Å². The first-order valence-electron chi connectivity index (χ1n) is 10.2. The predicted molar refractivity (Wildman–Crippen MR) is 134 cm³/mol. The van der Waals surface area contributed by atoms with E-state index in [4.69, 9.17) is 9.47 Å². The average Bonchev–Trinajstić information content (AvgIpc) is 2.82. The molecule has 3 rings (SSSR count). The standard InChI is InChI=1S/C26H22FIN2O3/c1-3-19-6-4-5-7-23(19)30-26(31)20(15-29)12-18-13-22(28)25(24(14-18)32-2)33-16-17-8-10-21(27)11-9-17/h4-14H,3,16H2,1-2H3,(H,30,31)/b20-12+. The van der Waals surface area contributed by atoms with Crippen molar-refractivity contribution in [3.05, 3.63) is 92.3 Å². The van der Waals surface area contributed by atoms with E-state index in [1.165, 1.54) is 25.3 Å². The smallest absolute Gasteiger partial charge is 0.266 e. The van der Waals surface area contributed by atoms with Crippen LogP contribution in [0.25, 0.3) is 6.08 Å². The molecule has 0 unspecified atom stereocenters. The lowest BCUT2D eigenvalue weighted by molar-refractivity contribution is -0.112. The summed E-state index contributed by atoms with van der Waals surface area (Å²) in [6.07, 6.45) is 2.27. The van der Waals surface area contributed by atoms with Gasteiger partial charge in [0.2, 0.25) is 0 Å². The molecular formula is C26H22FIN2O3. The largest absolute Gasteiger partial charge is 0.493 e. The van der Waals surface area contributed by atoms with E-state index in [1.54, 1.807) is 24.3 Å². The molecule has 0 aliphatic heterocycles. The Morgan fingerprint density at radius 2 is 1.91 bits per heavy atom. The number of ether oxygens (including phenoxy) is 2. The van der Waals surface area contributed by atoms with Crippen LogP contribution in [0.4, 0.5) is 10.1 Å². The molecule has 0 fully saturated rings. The van der Waals surface area contributed by atoms with Crippen LogP contribution in [-0.2, 0) is 17.8 Å². The molecule has 0 aromatic heterocycles. The van der Waals surface area contributed by atoms with Crippen molar-refractivity contribution in [2.75, 3.05) is 12.4 Å². The first-order valence-corrected chi connectivity index (χ1v) is 11.3. The Kier molecular flexibility index (Phi) is 8.44. The second kappa shape index (κ2) is 11.5. The van der Waals surface area contributed by atoms with Crippen molar-refractivity contribution in [1.82, 2.24) is 0 Å². The molecule has 3 aromatic rings. The van der Waals surface area contributed by atoms with E-state index in [9.17, 15) is 14.4 Å². The molecule has 0 spiro atoms. The average molecular weight is 556 g/mol. The summed E-state index contributed by atoms with van der Waals surface area (Å²) in [7, 11) is 1.52. The van der Waals surface area contributed by atoms with Crippen molar-refractivity contribution in [1.29, 1.82) is 5.26 Å². The lowest BCUT2D eigenvalue weighted by atomic mass is 10.1. The number of aryl methyl sites for hydroxylation is 1. The van der Waals surface area contributed by atoms with Crippen LogP contribution < -0.4 is 14.8 Å². The highest BCUT2D eigenvalue weighted by Crippen LogP contribution is 2.35. The van der Waals surface area contributed by atoms with Gasteiger partial charge < -0.3 is 14.8 Å². The predicted octanol–water partition coefficient (Wildman–Crippen LogP) is 6.13. The monoisotopic (exact) mass is 556 g/mol. The molecule has 0 radical (unpaired) electrons. The van der Waals surface area contributed by atoms with Crippen LogP contribution in [0.15, 0.2) is 66.2 Å². The summed E-state index contributed by atoms with van der Waals surface area (Å²) < 4.78 is 25.2. The maximum atomic E-state index is 13.1. The molecule has 5 nitrogen and oxygen atoms in total. The van der Waals surface area contributed by atoms with E-state index in [0.29, 0.717) is 22.7 Å². The van der Waals surface area contributed by atoms with Crippen LogP contribution in [0.2, 0.25) is 0 Å². The third-order valence-corrected chi connectivity index (χ3v) is 5.67. The topological polar surface area (TPSA) is 71.4 Å². The molecule has 0 atom stereocenters. The Hall–Kier alpha value is -3.38. The number of nitrogens with one attached hydrogen (secondary N) is 1. The van der Waals surface area contributed by atoms with E-state index >= 15 is 0 Å². The molecule has 0 bridgehead atoms. The Labute approximate surface area is 206 Å². The number of anilines is 1. The minimum absolute atomic E-state index is 0.0289. The van der Waals surface area contributed by atoms with Gasteiger partial charge in [-0.2, -0.15) is 5.26 Å². The van der Waals surface area contributed by atoms with Crippen molar-refractivity contribution in [3.63, 3.8) is 0 Å². The number of amides is 1. The highest BCUT2D eigenvalue weighted by atomic mass is 127. The molecule has 1 N–H and O–H groups in total. The fourth-order valence-electron chi connectivity index (χ4n) is 3.15. The zero-order valence-electron chi connectivity index (χ0n) is 18.2. The molecule has 0 saturated heterocycles. The first kappa shape index (κ1) is 24.3. The summed E-state index contributed by atoms with van der Waals surface area (Å²) in [5.74, 6) is 0.199. The second-order valence-electron chi connectivity index (χ2n) is 7.08. The van der Waals surface area contributed by atoms with Gasteiger partial charge in [-0.05, 0) is 82.1 Å². The van der Waals surface area contributed by atoms with Gasteiger partial charge in [-0.3, -0.25) is 4.79 Å². The van der Waals surface area contributed by atoms with Crippen molar-refractivity contribution >= 4 is 40.3 Å². The minimum atomic E-state index is -0.482. The summed E-state index contributed by atoms with van der Waals surface area (Å²) >= 11 is 2.11. The lowest BCUT2D eigenvalue weighted by Gasteiger charge is -2.14. The third-order valence-electron chi connectivity index (χ3n) is 4.87. The molecular weight excluding hydrogens is 534 g/mol. The van der Waals surface area contributed by atoms with Crippen LogP contribution in [0.3, 0.4) is 0 Å². The zero-order chi connectivity index (χ0) is 23.8. The summed E-state index contributed by atoms with van der Waals surface area (Å²) in [6, 6.07) is 19.0. The number of hydrogen-bond acceptors (Lipinski definition) is 4. The van der Waals surface area contributed by atoms with Gasteiger partial charge in [0.1, 0.15) is 24.1 Å². The van der Waals surface area contributed by atoms with E-state index in [2.05, 4.69) is 27.9 Å². The van der Waals surface area contributed by atoms with Gasteiger partial charge in [-0.25, -0.2) is 4.39 Å². The highest BCUT2D eigenvalue weighted by Gasteiger charge is 2.15. The number of para-hydroxylation sites is 1. The van der Waals surface area contributed by atoms with Crippen molar-refractivity contribution in [2.24, 2.45) is 0 Å². The van der Waals surface area contributed by atoms with Crippen molar-refractivity contribution in [2.45, 2.75) is 20.0 Å². The van der Waals surface area contributed by atoms with Gasteiger partial charge in [-0.15, -0.1) is 0 Å². The molecule has 33 heavy (non-hydrogen) atoms. The molecule has 1 amide bonds. The van der Waals surface area contributed by atoms with Gasteiger partial charge in [0, 0.05) is 5.69 Å². The van der Waals surface area contributed by atoms with Gasteiger partial charge in [0.15, 0.2) is 11.5 Å². The van der Waals surface area contributed by atoms with E-state index < -0.39 is 5.91 Å². The maximum absolute atomic E-state index is 13.1. The number of benzene rings is 3. The number of carbonyl (C=O) groups is 1. The second-order valence-corrected chi connectivity index (χ2v) is 8.25. The van der Waals surface area contributed by atoms with Crippen LogP contribution >= 0.6 is 22.6 Å². The van der Waals surface area contributed by atoms with E-state index in [1.807, 2.05) is 37.3 Å². The minimum Gasteiger partial charge on any atom is -0.493 e. The summed E-state index contributed by atoms with van der Waals surface area (Å²) in [5, 5.41) is 12.4. The maximum Gasteiger partial charge on any atom is 0.266 e. The molecule has 0 saturated carbocycles. The Bertz CT molecular complexity index is 1220. The van der Waals surface area contributed by atoms with Gasteiger partial charge in [0.05, 0.1) is 10.7 Å². The fraction of sp³-hybridized carbons (Fsp3) is 0.154. The number of carbonyl (C=O) groups excluding carboxylic acids is 1. The van der Waals surface area contributed by atoms with Crippen LogP contribution in [0, 0.1) is 20.7 Å². The Morgan fingerprint density at radius 3 is 2.58 bits per heavy atom. The Balaban J connectivity index is 1.82. The zero-order valence-corrected chi connectivity index (χ0v) is 20.4. The van der Waals surface area contributed by atoms with Crippen LogP contribution in [0.1, 0.15) is 23.6 Å². The molecule has 7 heteroatoms. The molecule has 168 valence electrons. The first-order chi connectivity index (χ1) is 15.9. The molecule has 3 aromatic carbocycles. The molecule has 0 aliphatic rings. The van der Waals surface area contributed by atoms with Crippen LogP contribution in [-0.4, -0.2) is 13.0 Å².